The van der Waals surface area contributed by atoms with Gasteiger partial charge in [-0.25, -0.2) is 19.9 Å². The molecule has 1 saturated heterocycles. The predicted molar refractivity (Wildman–Crippen MR) is 145 cm³/mol. The van der Waals surface area contributed by atoms with Crippen LogP contribution in [-0.2, 0) is 11.0 Å². The number of halogens is 3. The summed E-state index contributed by atoms with van der Waals surface area (Å²) in [6.07, 6.45) is -1.76. The van der Waals surface area contributed by atoms with Crippen molar-refractivity contribution in [3.8, 4) is 17.0 Å². The number of carbonyl (C=O) groups excluding carboxylic acids is 1. The molecule has 1 fully saturated rings. The number of benzene rings is 2. The maximum Gasteiger partial charge on any atom is 0.433 e. The summed E-state index contributed by atoms with van der Waals surface area (Å²) in [6, 6.07) is 12.1. The van der Waals surface area contributed by atoms with Gasteiger partial charge in [-0.15, -0.1) is 0 Å². The fourth-order valence-electron chi connectivity index (χ4n) is 4.51. The number of anilines is 3. The molecule has 13 heteroatoms. The highest BCUT2D eigenvalue weighted by Crippen LogP contribution is 2.33. The smallest absolute Gasteiger partial charge is 0.433 e. The van der Waals surface area contributed by atoms with Crippen LogP contribution >= 0.6 is 0 Å². The third-order valence-electron chi connectivity index (χ3n) is 6.57. The maximum absolute atomic E-state index is 13.2. The van der Waals surface area contributed by atoms with Crippen LogP contribution in [0.1, 0.15) is 5.69 Å². The number of hydrogen-bond donors (Lipinski definition) is 2. The predicted octanol–water partition coefficient (Wildman–Crippen LogP) is 3.92. The van der Waals surface area contributed by atoms with Gasteiger partial charge in [0, 0.05) is 62.3 Å². The zero-order valence-corrected chi connectivity index (χ0v) is 21.9. The van der Waals surface area contributed by atoms with Crippen molar-refractivity contribution in [2.45, 2.75) is 6.18 Å². The first-order chi connectivity index (χ1) is 19.2. The minimum absolute atomic E-state index is 0.0299. The van der Waals surface area contributed by atoms with Crippen molar-refractivity contribution < 1.29 is 22.7 Å². The molecular weight excluding hydrogens is 525 g/mol. The number of hydrogen-bond acceptors (Lipinski definition) is 9. The first kappa shape index (κ1) is 27.1. The molecule has 0 aliphatic carbocycles. The highest BCUT2D eigenvalue weighted by molar-refractivity contribution is 6.05. The Bertz CT molecular complexity index is 1520. The van der Waals surface area contributed by atoms with Crippen LogP contribution in [0.25, 0.3) is 22.0 Å². The molecule has 0 unspecified atom stereocenters. The lowest BCUT2D eigenvalue weighted by molar-refractivity contribution is -0.141. The largest absolute Gasteiger partial charge is 0.497 e. The van der Waals surface area contributed by atoms with Crippen LogP contribution in [0, 0.1) is 0 Å². The van der Waals surface area contributed by atoms with Gasteiger partial charge in [0.05, 0.1) is 19.3 Å². The van der Waals surface area contributed by atoms with Gasteiger partial charge in [0.1, 0.15) is 11.4 Å². The topological polar surface area (TPSA) is 108 Å². The van der Waals surface area contributed by atoms with Crippen LogP contribution in [0.4, 0.5) is 30.8 Å². The van der Waals surface area contributed by atoms with E-state index in [0.29, 0.717) is 49.3 Å². The van der Waals surface area contributed by atoms with E-state index in [2.05, 4.69) is 30.6 Å². The highest BCUT2D eigenvalue weighted by Gasteiger charge is 2.33. The first-order valence-corrected chi connectivity index (χ1v) is 12.5. The molecule has 4 aromatic rings. The summed E-state index contributed by atoms with van der Waals surface area (Å²) in [4.78, 5) is 33.1. The quantitative estimate of drug-likeness (QED) is 0.353. The van der Waals surface area contributed by atoms with Gasteiger partial charge >= 0.3 is 6.18 Å². The molecule has 2 aromatic heterocycles. The lowest BCUT2D eigenvalue weighted by Gasteiger charge is -2.34. The van der Waals surface area contributed by atoms with Gasteiger partial charge in [-0.05, 0) is 41.8 Å². The Balaban J connectivity index is 1.31. The second kappa shape index (κ2) is 11.3. The lowest BCUT2D eigenvalue weighted by Crippen LogP contribution is -2.49. The molecule has 0 saturated carbocycles. The van der Waals surface area contributed by atoms with Crippen molar-refractivity contribution in [3.05, 3.63) is 60.6 Å². The summed E-state index contributed by atoms with van der Waals surface area (Å²) in [7, 11) is 3.32. The number of fused-ring (bicyclic) bond motifs is 1. The molecular formula is C27H27F3N8O2. The molecule has 10 nitrogen and oxygen atoms in total. The van der Waals surface area contributed by atoms with Crippen molar-refractivity contribution in [1.82, 2.24) is 24.8 Å². The zero-order valence-electron chi connectivity index (χ0n) is 21.9. The fraction of sp³-hybridized carbons (Fsp3) is 0.296. The van der Waals surface area contributed by atoms with Crippen LogP contribution in [-0.4, -0.2) is 77.6 Å². The minimum Gasteiger partial charge on any atom is -0.497 e. The van der Waals surface area contributed by atoms with Gasteiger partial charge in [0.2, 0.25) is 17.8 Å². The monoisotopic (exact) mass is 552 g/mol. The Morgan fingerprint density at radius 2 is 1.77 bits per heavy atom. The maximum atomic E-state index is 13.2. The van der Waals surface area contributed by atoms with E-state index in [1.165, 1.54) is 0 Å². The SMILES string of the molecule is CNc1nccc(-c2cc(NC(=O)CN3CCN(c4nccc(C(F)(F)F)n4)CC3)c3cc(OC)ccc3c2)n1. The van der Waals surface area contributed by atoms with E-state index in [1.807, 2.05) is 35.2 Å². The molecule has 1 amide bonds. The average molecular weight is 553 g/mol. The number of nitrogens with zero attached hydrogens (tertiary/aromatic N) is 6. The van der Waals surface area contributed by atoms with Gasteiger partial charge in [-0.2, -0.15) is 13.2 Å². The number of rotatable bonds is 7. The molecule has 0 bridgehead atoms. The number of carbonyl (C=O) groups is 1. The summed E-state index contributed by atoms with van der Waals surface area (Å²) < 4.78 is 44.5. The fourth-order valence-corrected chi connectivity index (χ4v) is 4.51. The standard InChI is InChI=1S/C27H27F3N8O2/c1-31-25-32-7-5-21(35-25)18-13-17-3-4-19(40-2)15-20(17)22(14-18)34-24(39)16-37-9-11-38(12-10-37)26-33-8-6-23(36-26)27(28,29)30/h3-8,13-15H,9-12,16H2,1-2H3,(H,34,39)(H,31,32,35). The molecule has 2 N–H and O–H groups in total. The van der Waals surface area contributed by atoms with E-state index in [0.717, 1.165) is 28.6 Å². The van der Waals surface area contributed by atoms with Crippen LogP contribution in [0.3, 0.4) is 0 Å². The summed E-state index contributed by atoms with van der Waals surface area (Å²) in [5, 5.41) is 7.67. The molecule has 3 heterocycles. The molecule has 208 valence electrons. The number of nitrogens with one attached hydrogen (secondary N) is 2. The van der Waals surface area contributed by atoms with Gasteiger partial charge in [0.25, 0.3) is 0 Å². The third kappa shape index (κ3) is 6.04. The van der Waals surface area contributed by atoms with Crippen LogP contribution in [0.2, 0.25) is 0 Å². The van der Waals surface area contributed by atoms with Crippen molar-refractivity contribution in [1.29, 1.82) is 0 Å². The van der Waals surface area contributed by atoms with Crippen LogP contribution in [0.15, 0.2) is 54.9 Å². The summed E-state index contributed by atoms with van der Waals surface area (Å²) >= 11 is 0. The number of methoxy groups -OCH3 is 1. The van der Waals surface area contributed by atoms with Crippen LogP contribution < -0.4 is 20.3 Å². The molecule has 0 atom stereocenters. The van der Waals surface area contributed by atoms with Crippen molar-refractivity contribution in [3.63, 3.8) is 0 Å². The summed E-state index contributed by atoms with van der Waals surface area (Å²) in [5.74, 6) is 0.946. The molecule has 1 aliphatic rings. The Kier molecular flexibility index (Phi) is 7.65. The zero-order chi connectivity index (χ0) is 28.3. The van der Waals surface area contributed by atoms with E-state index >= 15 is 0 Å². The van der Waals surface area contributed by atoms with Crippen molar-refractivity contribution in [2.24, 2.45) is 0 Å². The Morgan fingerprint density at radius 3 is 2.50 bits per heavy atom. The molecule has 0 radical (unpaired) electrons. The normalized spacial score (nSPS) is 14.3. The average Bonchev–Trinajstić information content (AvgIpc) is 2.97. The van der Waals surface area contributed by atoms with E-state index < -0.39 is 11.9 Å². The Hall–Kier alpha value is -4.52. The Labute approximate surface area is 228 Å². The van der Waals surface area contributed by atoms with E-state index in [-0.39, 0.29) is 18.4 Å². The highest BCUT2D eigenvalue weighted by atomic mass is 19.4. The second-order valence-corrected chi connectivity index (χ2v) is 9.18. The third-order valence-corrected chi connectivity index (χ3v) is 6.57. The van der Waals surface area contributed by atoms with E-state index in [4.69, 9.17) is 4.74 Å². The van der Waals surface area contributed by atoms with Gasteiger partial charge in [0.15, 0.2) is 0 Å². The lowest BCUT2D eigenvalue weighted by atomic mass is 10.0. The second-order valence-electron chi connectivity index (χ2n) is 9.18. The number of amides is 1. The van der Waals surface area contributed by atoms with Gasteiger partial charge < -0.3 is 20.3 Å². The molecule has 5 rings (SSSR count). The Morgan fingerprint density at radius 1 is 1.00 bits per heavy atom. The van der Waals surface area contributed by atoms with E-state index in [1.54, 1.807) is 31.3 Å². The first-order valence-electron chi connectivity index (χ1n) is 12.5. The van der Waals surface area contributed by atoms with Gasteiger partial charge in [-0.3, -0.25) is 9.69 Å². The molecule has 2 aromatic carbocycles. The number of alkyl halides is 3. The summed E-state index contributed by atoms with van der Waals surface area (Å²) in [6.45, 7) is 1.84. The van der Waals surface area contributed by atoms with Crippen molar-refractivity contribution in [2.75, 3.05) is 62.4 Å². The molecule has 40 heavy (non-hydrogen) atoms. The summed E-state index contributed by atoms with van der Waals surface area (Å²) in [5.41, 5.74) is 1.13. The minimum atomic E-state index is -4.54. The van der Waals surface area contributed by atoms with Gasteiger partial charge in [-0.1, -0.05) is 6.07 Å². The van der Waals surface area contributed by atoms with Crippen molar-refractivity contribution >= 4 is 34.3 Å². The van der Waals surface area contributed by atoms with Crippen LogP contribution in [0.5, 0.6) is 5.75 Å². The number of piperazine rings is 1. The molecule has 0 spiro atoms. The van der Waals surface area contributed by atoms with E-state index in [9.17, 15) is 18.0 Å². The number of aromatic nitrogens is 4. The molecule has 1 aliphatic heterocycles. The number of ether oxygens (including phenoxy) is 1.